The second-order valence-corrected chi connectivity index (χ2v) is 6.89. The number of nitrogens with two attached hydrogens (primary N) is 1. The lowest BCUT2D eigenvalue weighted by molar-refractivity contribution is -0.120. The zero-order valence-electron chi connectivity index (χ0n) is 17.6. The lowest BCUT2D eigenvalue weighted by Crippen LogP contribution is -2.26. The number of anilines is 1. The Morgan fingerprint density at radius 1 is 1.16 bits per heavy atom. The van der Waals surface area contributed by atoms with Gasteiger partial charge in [-0.1, -0.05) is 24.3 Å². The predicted molar refractivity (Wildman–Crippen MR) is 117 cm³/mol. The molecule has 3 aromatic rings. The Morgan fingerprint density at radius 2 is 1.90 bits per heavy atom. The van der Waals surface area contributed by atoms with Crippen molar-refractivity contribution in [2.24, 2.45) is 0 Å². The Labute approximate surface area is 181 Å². The fraction of sp³-hybridized carbons (Fsp3) is 0.261. The molecule has 8 nitrogen and oxygen atoms in total. The van der Waals surface area contributed by atoms with Gasteiger partial charge in [0.25, 0.3) is 0 Å². The number of ether oxygens (including phenoxy) is 2. The van der Waals surface area contributed by atoms with Gasteiger partial charge in [-0.15, -0.1) is 0 Å². The molecule has 1 heterocycles. The van der Waals surface area contributed by atoms with Crippen molar-refractivity contribution in [1.29, 1.82) is 5.26 Å². The fourth-order valence-corrected chi connectivity index (χ4v) is 3.26. The van der Waals surface area contributed by atoms with E-state index in [0.717, 1.165) is 11.3 Å². The molecule has 0 bridgehead atoms. The van der Waals surface area contributed by atoms with Crippen molar-refractivity contribution in [2.45, 2.75) is 19.3 Å². The van der Waals surface area contributed by atoms with Crippen LogP contribution in [0, 0.1) is 11.3 Å². The summed E-state index contributed by atoms with van der Waals surface area (Å²) in [5, 5.41) is 16.9. The Balaban J connectivity index is 1.55. The number of nitrogens with one attached hydrogen (secondary N) is 1. The maximum absolute atomic E-state index is 12.3. The van der Waals surface area contributed by atoms with E-state index in [1.165, 1.54) is 0 Å². The summed E-state index contributed by atoms with van der Waals surface area (Å²) >= 11 is 0. The quantitative estimate of drug-likeness (QED) is 0.515. The summed E-state index contributed by atoms with van der Waals surface area (Å²) < 4.78 is 12.1. The van der Waals surface area contributed by atoms with Crippen LogP contribution >= 0.6 is 0 Å². The molecule has 0 saturated carbocycles. The number of aromatic nitrogens is 2. The standard InChI is InChI=1S/C23H25N5O3/c1-30-20-11-10-16(13-21(20)31-2)14-22(29)26-12-6-9-19-18(15-24)23(25)28(27-19)17-7-4-3-5-8-17/h3-5,7-8,10-11,13H,6,9,12,14,25H2,1-2H3,(H,26,29). The smallest absolute Gasteiger partial charge is 0.224 e. The third kappa shape index (κ3) is 5.14. The van der Waals surface area contributed by atoms with Crippen LogP contribution in [0.1, 0.15) is 23.2 Å². The van der Waals surface area contributed by atoms with Crippen molar-refractivity contribution in [2.75, 3.05) is 26.5 Å². The molecule has 0 aliphatic heterocycles. The van der Waals surface area contributed by atoms with E-state index in [2.05, 4.69) is 16.5 Å². The highest BCUT2D eigenvalue weighted by Gasteiger charge is 2.16. The summed E-state index contributed by atoms with van der Waals surface area (Å²) in [5.41, 5.74) is 8.74. The van der Waals surface area contributed by atoms with E-state index in [9.17, 15) is 10.1 Å². The van der Waals surface area contributed by atoms with Crippen molar-refractivity contribution in [3.05, 3.63) is 65.4 Å². The summed E-state index contributed by atoms with van der Waals surface area (Å²) in [5.74, 6) is 1.43. The number of amides is 1. The number of carbonyl (C=O) groups is 1. The maximum Gasteiger partial charge on any atom is 0.224 e. The van der Waals surface area contributed by atoms with Crippen molar-refractivity contribution in [1.82, 2.24) is 15.1 Å². The summed E-state index contributed by atoms with van der Waals surface area (Å²) in [4.78, 5) is 12.3. The van der Waals surface area contributed by atoms with Crippen LogP contribution in [0.4, 0.5) is 5.82 Å². The van der Waals surface area contributed by atoms with Crippen LogP contribution in [0.2, 0.25) is 0 Å². The molecule has 8 heteroatoms. The summed E-state index contributed by atoms with van der Waals surface area (Å²) in [6.07, 6.45) is 1.40. The first-order chi connectivity index (χ1) is 15.1. The van der Waals surface area contributed by atoms with Crippen molar-refractivity contribution in [3.63, 3.8) is 0 Å². The number of benzene rings is 2. The third-order valence-corrected chi connectivity index (χ3v) is 4.83. The van der Waals surface area contributed by atoms with Crippen molar-refractivity contribution < 1.29 is 14.3 Å². The molecule has 0 saturated heterocycles. The lowest BCUT2D eigenvalue weighted by Gasteiger charge is -2.10. The molecule has 3 rings (SSSR count). The van der Waals surface area contributed by atoms with Gasteiger partial charge >= 0.3 is 0 Å². The van der Waals surface area contributed by atoms with Crippen molar-refractivity contribution in [3.8, 4) is 23.3 Å². The van der Waals surface area contributed by atoms with Gasteiger partial charge in [0, 0.05) is 6.54 Å². The number of rotatable bonds is 9. The molecule has 0 fully saturated rings. The van der Waals surface area contributed by atoms with Gasteiger partial charge in [0.15, 0.2) is 11.5 Å². The van der Waals surface area contributed by atoms with Crippen LogP contribution in [0.3, 0.4) is 0 Å². The van der Waals surface area contributed by atoms with E-state index in [0.29, 0.717) is 48.0 Å². The van der Waals surface area contributed by atoms with Gasteiger partial charge in [-0.25, -0.2) is 4.68 Å². The number of nitriles is 1. The first kappa shape index (κ1) is 21.7. The number of hydrogen-bond acceptors (Lipinski definition) is 6. The van der Waals surface area contributed by atoms with E-state index in [1.54, 1.807) is 31.0 Å². The average molecular weight is 419 g/mol. The molecule has 1 aromatic heterocycles. The van der Waals surface area contributed by atoms with Crippen molar-refractivity contribution >= 4 is 11.7 Å². The molecule has 0 unspecified atom stereocenters. The number of aryl methyl sites for hydroxylation is 1. The van der Waals surface area contributed by atoms with E-state index < -0.39 is 0 Å². The Kier molecular flexibility index (Phi) is 7.12. The second kappa shape index (κ2) is 10.2. The van der Waals surface area contributed by atoms with Gasteiger partial charge in [-0.3, -0.25) is 4.79 Å². The van der Waals surface area contributed by atoms with Gasteiger partial charge in [0.2, 0.25) is 5.91 Å². The highest BCUT2D eigenvalue weighted by Crippen LogP contribution is 2.27. The minimum atomic E-state index is -0.0953. The van der Waals surface area contributed by atoms with Crippen LogP contribution in [0.5, 0.6) is 11.5 Å². The zero-order chi connectivity index (χ0) is 22.2. The Bertz CT molecular complexity index is 1090. The highest BCUT2D eigenvalue weighted by atomic mass is 16.5. The molecule has 3 N–H and O–H groups in total. The van der Waals surface area contributed by atoms with E-state index in [-0.39, 0.29) is 12.3 Å². The average Bonchev–Trinajstić information content (AvgIpc) is 3.12. The zero-order valence-corrected chi connectivity index (χ0v) is 17.6. The summed E-state index contributed by atoms with van der Waals surface area (Å²) in [6.45, 7) is 0.467. The molecule has 31 heavy (non-hydrogen) atoms. The first-order valence-electron chi connectivity index (χ1n) is 9.87. The topological polar surface area (TPSA) is 115 Å². The number of para-hydroxylation sites is 1. The van der Waals surface area contributed by atoms with Crippen LogP contribution in [0.15, 0.2) is 48.5 Å². The van der Waals surface area contributed by atoms with Crippen LogP contribution in [0.25, 0.3) is 5.69 Å². The van der Waals surface area contributed by atoms with E-state index in [4.69, 9.17) is 15.2 Å². The molecule has 0 aliphatic carbocycles. The van der Waals surface area contributed by atoms with Gasteiger partial charge < -0.3 is 20.5 Å². The molecule has 160 valence electrons. The van der Waals surface area contributed by atoms with E-state index in [1.807, 2.05) is 36.4 Å². The molecule has 0 atom stereocenters. The van der Waals surface area contributed by atoms with Crippen LogP contribution in [-0.4, -0.2) is 36.5 Å². The largest absolute Gasteiger partial charge is 0.493 e. The Morgan fingerprint density at radius 3 is 2.58 bits per heavy atom. The first-order valence-corrected chi connectivity index (χ1v) is 9.87. The molecular formula is C23H25N5O3. The second-order valence-electron chi connectivity index (χ2n) is 6.89. The molecule has 2 aromatic carbocycles. The SMILES string of the molecule is COc1ccc(CC(=O)NCCCc2nn(-c3ccccc3)c(N)c2C#N)cc1OC. The molecule has 1 amide bonds. The van der Waals surface area contributed by atoms with Gasteiger partial charge in [0.05, 0.1) is 32.0 Å². The molecule has 0 aliphatic rings. The fourth-order valence-electron chi connectivity index (χ4n) is 3.26. The predicted octanol–water partition coefficient (Wildman–Crippen LogP) is 2.63. The minimum absolute atomic E-state index is 0.0953. The monoisotopic (exact) mass is 419 g/mol. The van der Waals surface area contributed by atoms with Crippen LogP contribution in [-0.2, 0) is 17.6 Å². The van der Waals surface area contributed by atoms with Crippen LogP contribution < -0.4 is 20.5 Å². The molecule has 0 spiro atoms. The normalized spacial score (nSPS) is 10.4. The van der Waals surface area contributed by atoms with E-state index >= 15 is 0 Å². The number of methoxy groups -OCH3 is 2. The third-order valence-electron chi connectivity index (χ3n) is 4.83. The maximum atomic E-state index is 12.3. The molecule has 0 radical (unpaired) electrons. The van der Waals surface area contributed by atoms with Gasteiger partial charge in [-0.2, -0.15) is 10.4 Å². The number of nitrogen functional groups attached to an aromatic ring is 1. The van der Waals surface area contributed by atoms with Gasteiger partial charge in [-0.05, 0) is 42.7 Å². The summed E-state index contributed by atoms with van der Waals surface area (Å²) in [7, 11) is 3.13. The van der Waals surface area contributed by atoms with Gasteiger partial charge in [0.1, 0.15) is 17.5 Å². The minimum Gasteiger partial charge on any atom is -0.493 e. The highest BCUT2D eigenvalue weighted by molar-refractivity contribution is 5.78. The number of carbonyl (C=O) groups excluding carboxylic acids is 1. The lowest BCUT2D eigenvalue weighted by atomic mass is 10.1. The Hall–Kier alpha value is -3.99. The summed E-state index contributed by atoms with van der Waals surface area (Å²) in [6, 6.07) is 17.0. The number of nitrogens with zero attached hydrogens (tertiary/aromatic N) is 3. The molecular weight excluding hydrogens is 394 g/mol. The number of hydrogen-bond donors (Lipinski definition) is 2.